The maximum absolute atomic E-state index is 5.52. The lowest BCUT2D eigenvalue weighted by atomic mass is 10.1. The highest BCUT2D eigenvalue weighted by molar-refractivity contribution is 4.80. The topological polar surface area (TPSA) is 29.3 Å². The summed E-state index contributed by atoms with van der Waals surface area (Å²) in [4.78, 5) is 2.43. The highest BCUT2D eigenvalue weighted by Gasteiger charge is 2.25. The molecule has 0 bridgehead atoms. The first-order valence-corrected chi connectivity index (χ1v) is 5.18. The van der Waals surface area contributed by atoms with Gasteiger partial charge in [-0.05, 0) is 32.2 Å². The zero-order valence-corrected chi connectivity index (χ0v) is 8.42. The van der Waals surface area contributed by atoms with Gasteiger partial charge in [0.15, 0.2) is 0 Å². The van der Waals surface area contributed by atoms with Gasteiger partial charge in [0.2, 0.25) is 0 Å². The van der Waals surface area contributed by atoms with E-state index in [4.69, 9.17) is 5.73 Å². The summed E-state index contributed by atoms with van der Waals surface area (Å²) in [5.41, 5.74) is 5.52. The van der Waals surface area contributed by atoms with Crippen LogP contribution in [-0.2, 0) is 0 Å². The lowest BCUT2D eigenvalue weighted by Crippen LogP contribution is -2.33. The van der Waals surface area contributed by atoms with Crippen molar-refractivity contribution in [1.82, 2.24) is 4.90 Å². The molecule has 0 aromatic rings. The zero-order chi connectivity index (χ0) is 8.97. The van der Waals surface area contributed by atoms with Gasteiger partial charge in [-0.15, -0.1) is 0 Å². The normalized spacial score (nSPS) is 30.0. The first-order valence-electron chi connectivity index (χ1n) is 5.18. The number of likely N-dealkylation sites (N-methyl/N-ethyl adjacent to an activating group) is 1. The van der Waals surface area contributed by atoms with Gasteiger partial charge in [0.25, 0.3) is 0 Å². The molecule has 0 radical (unpaired) electrons. The third-order valence-corrected chi connectivity index (χ3v) is 3.20. The first-order chi connectivity index (χ1) is 5.77. The molecule has 1 aliphatic carbocycles. The van der Waals surface area contributed by atoms with Crippen LogP contribution in [-0.4, -0.2) is 31.1 Å². The van der Waals surface area contributed by atoms with E-state index in [0.717, 1.165) is 25.0 Å². The maximum atomic E-state index is 5.52. The van der Waals surface area contributed by atoms with E-state index in [-0.39, 0.29) is 0 Å². The van der Waals surface area contributed by atoms with Crippen LogP contribution in [0.2, 0.25) is 0 Å². The van der Waals surface area contributed by atoms with Crippen LogP contribution in [0.15, 0.2) is 0 Å². The van der Waals surface area contributed by atoms with Gasteiger partial charge in [0.05, 0.1) is 0 Å². The Morgan fingerprint density at radius 3 is 2.67 bits per heavy atom. The minimum absolute atomic E-state index is 0.795. The molecule has 12 heavy (non-hydrogen) atoms. The Balaban J connectivity index is 2.25. The van der Waals surface area contributed by atoms with Gasteiger partial charge in [0, 0.05) is 19.1 Å². The quantitative estimate of drug-likeness (QED) is 0.692. The van der Waals surface area contributed by atoms with Gasteiger partial charge in [-0.2, -0.15) is 0 Å². The molecule has 0 aromatic heterocycles. The molecule has 2 nitrogen and oxygen atoms in total. The lowest BCUT2D eigenvalue weighted by Gasteiger charge is -2.23. The zero-order valence-electron chi connectivity index (χ0n) is 8.42. The van der Waals surface area contributed by atoms with Gasteiger partial charge in [-0.25, -0.2) is 0 Å². The van der Waals surface area contributed by atoms with Crippen LogP contribution in [0.1, 0.15) is 32.6 Å². The smallest absolute Gasteiger partial charge is 0.0104 e. The molecule has 1 fully saturated rings. The van der Waals surface area contributed by atoms with E-state index in [2.05, 4.69) is 18.9 Å². The summed E-state index contributed by atoms with van der Waals surface area (Å²) in [6.07, 6.45) is 5.56. The number of rotatable bonds is 4. The largest absolute Gasteiger partial charge is 0.329 e. The van der Waals surface area contributed by atoms with Crippen molar-refractivity contribution >= 4 is 0 Å². The van der Waals surface area contributed by atoms with Gasteiger partial charge in [-0.1, -0.05) is 13.3 Å². The molecule has 1 rings (SSSR count). The summed E-state index contributed by atoms with van der Waals surface area (Å²) in [5.74, 6) is 0.982. The second-order valence-electron chi connectivity index (χ2n) is 4.01. The van der Waals surface area contributed by atoms with Gasteiger partial charge in [0.1, 0.15) is 0 Å². The molecule has 2 N–H and O–H groups in total. The van der Waals surface area contributed by atoms with Crippen molar-refractivity contribution in [2.24, 2.45) is 11.7 Å². The van der Waals surface area contributed by atoms with E-state index in [1.54, 1.807) is 0 Å². The van der Waals surface area contributed by atoms with Crippen molar-refractivity contribution in [2.75, 3.05) is 20.1 Å². The summed E-state index contributed by atoms with van der Waals surface area (Å²) in [6, 6.07) is 0.818. The Hall–Kier alpha value is -0.0800. The molecule has 72 valence electrons. The molecule has 2 unspecified atom stereocenters. The van der Waals surface area contributed by atoms with E-state index in [0.29, 0.717) is 0 Å². The molecule has 0 aromatic carbocycles. The van der Waals surface area contributed by atoms with Gasteiger partial charge >= 0.3 is 0 Å². The molecular formula is C10H22N2. The molecule has 2 heteroatoms. The SMILES string of the molecule is CCC1CCC(N(C)CCN)C1. The third-order valence-electron chi connectivity index (χ3n) is 3.20. The minimum Gasteiger partial charge on any atom is -0.329 e. The fraction of sp³-hybridized carbons (Fsp3) is 1.00. The van der Waals surface area contributed by atoms with Crippen molar-refractivity contribution in [2.45, 2.75) is 38.6 Å². The summed E-state index contributed by atoms with van der Waals surface area (Å²) in [7, 11) is 2.20. The molecule has 0 spiro atoms. The predicted molar refractivity (Wildman–Crippen MR) is 53.1 cm³/mol. The molecule has 0 amide bonds. The standard InChI is InChI=1S/C10H22N2/c1-3-9-4-5-10(8-9)12(2)7-6-11/h9-10H,3-8,11H2,1-2H3. The van der Waals surface area contributed by atoms with Crippen molar-refractivity contribution < 1.29 is 0 Å². The second kappa shape index (κ2) is 4.83. The minimum atomic E-state index is 0.795. The number of nitrogens with zero attached hydrogens (tertiary/aromatic N) is 1. The third kappa shape index (κ3) is 2.46. The Labute approximate surface area is 76.1 Å². The maximum Gasteiger partial charge on any atom is 0.0104 e. The summed E-state index contributed by atoms with van der Waals surface area (Å²) >= 11 is 0. The van der Waals surface area contributed by atoms with Crippen molar-refractivity contribution in [1.29, 1.82) is 0 Å². The number of hydrogen-bond acceptors (Lipinski definition) is 2. The second-order valence-corrected chi connectivity index (χ2v) is 4.01. The van der Waals surface area contributed by atoms with E-state index >= 15 is 0 Å². The van der Waals surface area contributed by atoms with E-state index in [1.807, 2.05) is 0 Å². The van der Waals surface area contributed by atoms with Crippen LogP contribution in [0.3, 0.4) is 0 Å². The van der Waals surface area contributed by atoms with Crippen molar-refractivity contribution in [3.8, 4) is 0 Å². The molecule has 0 heterocycles. The van der Waals surface area contributed by atoms with Gasteiger partial charge in [-0.3, -0.25) is 0 Å². The summed E-state index contributed by atoms with van der Waals surface area (Å²) in [6.45, 7) is 4.15. The molecule has 2 atom stereocenters. The Kier molecular flexibility index (Phi) is 4.02. The van der Waals surface area contributed by atoms with Crippen molar-refractivity contribution in [3.63, 3.8) is 0 Å². The lowest BCUT2D eigenvalue weighted by molar-refractivity contribution is 0.246. The van der Waals surface area contributed by atoms with E-state index < -0.39 is 0 Å². The Bertz CT molecular complexity index is 125. The van der Waals surface area contributed by atoms with Gasteiger partial charge < -0.3 is 10.6 Å². The van der Waals surface area contributed by atoms with Crippen molar-refractivity contribution in [3.05, 3.63) is 0 Å². The molecular weight excluding hydrogens is 148 g/mol. The molecule has 1 saturated carbocycles. The van der Waals surface area contributed by atoms with Crippen LogP contribution in [0.5, 0.6) is 0 Å². The molecule has 0 saturated heterocycles. The first kappa shape index (κ1) is 10.0. The number of hydrogen-bond donors (Lipinski definition) is 1. The number of nitrogens with two attached hydrogens (primary N) is 1. The fourth-order valence-corrected chi connectivity index (χ4v) is 2.21. The highest BCUT2D eigenvalue weighted by atomic mass is 15.1. The fourth-order valence-electron chi connectivity index (χ4n) is 2.21. The summed E-state index contributed by atoms with van der Waals surface area (Å²) in [5, 5.41) is 0. The average molecular weight is 170 g/mol. The average Bonchev–Trinajstić information content (AvgIpc) is 2.52. The monoisotopic (exact) mass is 170 g/mol. The summed E-state index contributed by atoms with van der Waals surface area (Å²) < 4.78 is 0. The van der Waals surface area contributed by atoms with Crippen LogP contribution < -0.4 is 5.73 Å². The van der Waals surface area contributed by atoms with E-state index in [1.165, 1.54) is 25.7 Å². The molecule has 1 aliphatic rings. The Morgan fingerprint density at radius 1 is 1.42 bits per heavy atom. The predicted octanol–water partition coefficient (Wildman–Crippen LogP) is 1.46. The van der Waals surface area contributed by atoms with Crippen LogP contribution in [0.25, 0.3) is 0 Å². The van der Waals surface area contributed by atoms with Crippen LogP contribution in [0, 0.1) is 5.92 Å². The van der Waals surface area contributed by atoms with E-state index in [9.17, 15) is 0 Å². The van der Waals surface area contributed by atoms with Crippen LogP contribution >= 0.6 is 0 Å². The Morgan fingerprint density at radius 2 is 2.17 bits per heavy atom. The highest BCUT2D eigenvalue weighted by Crippen LogP contribution is 2.30. The van der Waals surface area contributed by atoms with Crippen LogP contribution in [0.4, 0.5) is 0 Å². The molecule has 0 aliphatic heterocycles.